The topological polar surface area (TPSA) is 41.6 Å². The summed E-state index contributed by atoms with van der Waals surface area (Å²) in [6.07, 6.45) is -9.17. The molecule has 9 heteroatoms. The third kappa shape index (κ3) is 3.71. The number of H-pyrrole nitrogens is 1. The molecule has 1 aromatic carbocycles. The van der Waals surface area contributed by atoms with Crippen LogP contribution in [-0.4, -0.2) is 15.2 Å². The summed E-state index contributed by atoms with van der Waals surface area (Å²) in [7, 11) is 0. The van der Waals surface area contributed by atoms with Gasteiger partial charge >= 0.3 is 12.4 Å². The van der Waals surface area contributed by atoms with Gasteiger partial charge in [-0.2, -0.15) is 31.4 Å². The van der Waals surface area contributed by atoms with Gasteiger partial charge in [0.15, 0.2) is 0 Å². The molecule has 3 aromatic rings. The van der Waals surface area contributed by atoms with Crippen molar-refractivity contribution in [1.29, 1.82) is 0 Å². The summed E-state index contributed by atoms with van der Waals surface area (Å²) in [4.78, 5) is 4.13. The number of alkyl halides is 6. The molecular weight excluding hydrogens is 360 g/mol. The first-order valence-corrected chi connectivity index (χ1v) is 7.33. The Balaban J connectivity index is 2.11. The van der Waals surface area contributed by atoms with Crippen molar-refractivity contribution in [3.8, 4) is 22.6 Å². The average Bonchev–Trinajstić information content (AvgIpc) is 2.99. The molecule has 3 rings (SSSR count). The quantitative estimate of drug-likeness (QED) is 0.606. The molecule has 0 radical (unpaired) electrons. The van der Waals surface area contributed by atoms with Crippen molar-refractivity contribution in [2.45, 2.75) is 19.3 Å². The molecule has 2 aromatic heterocycles. The third-order valence-corrected chi connectivity index (χ3v) is 3.63. The van der Waals surface area contributed by atoms with Crippen LogP contribution in [-0.2, 0) is 12.4 Å². The van der Waals surface area contributed by atoms with Crippen LogP contribution in [0.25, 0.3) is 22.6 Å². The van der Waals surface area contributed by atoms with Crippen LogP contribution < -0.4 is 0 Å². The van der Waals surface area contributed by atoms with Crippen LogP contribution in [0.1, 0.15) is 16.8 Å². The Labute approximate surface area is 143 Å². The molecule has 26 heavy (non-hydrogen) atoms. The second-order valence-electron chi connectivity index (χ2n) is 5.64. The molecule has 0 amide bonds. The molecule has 0 unspecified atom stereocenters. The smallest absolute Gasteiger partial charge is 0.282 e. The van der Waals surface area contributed by atoms with Crippen LogP contribution in [0.15, 0.2) is 42.5 Å². The van der Waals surface area contributed by atoms with E-state index in [2.05, 4.69) is 15.2 Å². The van der Waals surface area contributed by atoms with Gasteiger partial charge in [0.25, 0.3) is 0 Å². The highest BCUT2D eigenvalue weighted by molar-refractivity contribution is 5.66. The summed E-state index contributed by atoms with van der Waals surface area (Å²) in [5.74, 6) is 0. The summed E-state index contributed by atoms with van der Waals surface area (Å²) in [6, 6.07) is 6.95. The minimum Gasteiger partial charge on any atom is -0.282 e. The third-order valence-electron chi connectivity index (χ3n) is 3.63. The molecule has 0 aliphatic heterocycles. The van der Waals surface area contributed by atoms with Crippen LogP contribution >= 0.6 is 0 Å². The van der Waals surface area contributed by atoms with E-state index >= 15 is 0 Å². The van der Waals surface area contributed by atoms with Gasteiger partial charge in [0.1, 0.15) is 5.69 Å². The highest BCUT2D eigenvalue weighted by Gasteiger charge is 2.33. The standard InChI is InChI=1S/C17H11F6N3/c1-9-6-15(26-25-9)14-8-12(17(21,22)23)7-13(24-14)10-2-4-11(5-3-10)16(18,19)20/h2-8H,1H3,(H,25,26). The zero-order chi connectivity index (χ0) is 19.1. The number of aromatic nitrogens is 3. The average molecular weight is 371 g/mol. The van der Waals surface area contributed by atoms with Crippen LogP contribution in [0.5, 0.6) is 0 Å². The Morgan fingerprint density at radius 2 is 1.31 bits per heavy atom. The van der Waals surface area contributed by atoms with Gasteiger partial charge in [0.2, 0.25) is 0 Å². The molecule has 0 aliphatic rings. The molecule has 1 N–H and O–H groups in total. The van der Waals surface area contributed by atoms with Gasteiger partial charge in [-0.1, -0.05) is 12.1 Å². The van der Waals surface area contributed by atoms with E-state index in [4.69, 9.17) is 0 Å². The van der Waals surface area contributed by atoms with E-state index in [0.717, 1.165) is 36.4 Å². The fraction of sp³-hybridized carbons (Fsp3) is 0.176. The van der Waals surface area contributed by atoms with Crippen molar-refractivity contribution < 1.29 is 26.3 Å². The largest absolute Gasteiger partial charge is 0.416 e. The summed E-state index contributed by atoms with van der Waals surface area (Å²) in [5.41, 5.74) is -0.993. The molecule has 3 nitrogen and oxygen atoms in total. The predicted molar refractivity (Wildman–Crippen MR) is 82.0 cm³/mol. The number of nitrogens with zero attached hydrogens (tertiary/aromatic N) is 2. The van der Waals surface area contributed by atoms with Crippen LogP contribution in [0.3, 0.4) is 0 Å². The van der Waals surface area contributed by atoms with Crippen LogP contribution in [0.4, 0.5) is 26.3 Å². The summed E-state index contributed by atoms with van der Waals surface area (Å²) >= 11 is 0. The number of pyridine rings is 1. The van der Waals surface area contributed by atoms with Gasteiger partial charge < -0.3 is 0 Å². The van der Waals surface area contributed by atoms with Crippen molar-refractivity contribution in [2.24, 2.45) is 0 Å². The maximum Gasteiger partial charge on any atom is 0.416 e. The van der Waals surface area contributed by atoms with E-state index in [1.165, 1.54) is 6.07 Å². The number of hydrogen-bond donors (Lipinski definition) is 1. The number of halogens is 6. The number of nitrogens with one attached hydrogen (secondary N) is 1. The Morgan fingerprint density at radius 3 is 1.81 bits per heavy atom. The molecule has 0 bridgehead atoms. The van der Waals surface area contributed by atoms with Crippen molar-refractivity contribution in [1.82, 2.24) is 15.2 Å². The maximum absolute atomic E-state index is 13.2. The molecular formula is C17H11F6N3. The van der Waals surface area contributed by atoms with Crippen molar-refractivity contribution >= 4 is 0 Å². The van der Waals surface area contributed by atoms with Gasteiger partial charge in [-0.05, 0) is 37.3 Å². The van der Waals surface area contributed by atoms with Gasteiger partial charge in [0.05, 0.1) is 22.5 Å². The van der Waals surface area contributed by atoms with Gasteiger partial charge in [-0.3, -0.25) is 5.10 Å². The van der Waals surface area contributed by atoms with Crippen molar-refractivity contribution in [3.05, 3.63) is 59.3 Å². The number of benzene rings is 1. The number of aryl methyl sites for hydroxylation is 1. The molecule has 0 saturated carbocycles. The van der Waals surface area contributed by atoms with Crippen LogP contribution in [0, 0.1) is 6.92 Å². The highest BCUT2D eigenvalue weighted by Crippen LogP contribution is 2.35. The molecule has 0 aliphatic carbocycles. The first-order valence-electron chi connectivity index (χ1n) is 7.33. The number of rotatable bonds is 2. The summed E-state index contributed by atoms with van der Waals surface area (Å²) in [5, 5.41) is 6.50. The van der Waals surface area contributed by atoms with Crippen molar-refractivity contribution in [2.75, 3.05) is 0 Å². The fourth-order valence-corrected chi connectivity index (χ4v) is 2.35. The summed E-state index contributed by atoms with van der Waals surface area (Å²) < 4.78 is 77.6. The Hall–Kier alpha value is -2.84. The molecule has 0 spiro atoms. The number of hydrogen-bond acceptors (Lipinski definition) is 2. The van der Waals surface area contributed by atoms with Crippen molar-refractivity contribution in [3.63, 3.8) is 0 Å². The fourth-order valence-electron chi connectivity index (χ4n) is 2.35. The van der Waals surface area contributed by atoms with E-state index < -0.39 is 23.5 Å². The lowest BCUT2D eigenvalue weighted by molar-refractivity contribution is -0.138. The minimum atomic E-state index is -4.64. The van der Waals surface area contributed by atoms with E-state index in [0.29, 0.717) is 5.69 Å². The molecule has 0 saturated heterocycles. The Bertz CT molecular complexity index is 923. The van der Waals surface area contributed by atoms with Gasteiger partial charge in [-0.15, -0.1) is 0 Å². The molecule has 2 heterocycles. The highest BCUT2D eigenvalue weighted by atomic mass is 19.4. The van der Waals surface area contributed by atoms with E-state index in [9.17, 15) is 26.3 Å². The predicted octanol–water partition coefficient (Wildman–Crippen LogP) is 5.48. The maximum atomic E-state index is 13.2. The second kappa shape index (κ2) is 6.15. The first-order chi connectivity index (χ1) is 12.0. The lowest BCUT2D eigenvalue weighted by atomic mass is 10.0. The molecule has 136 valence electrons. The molecule has 0 atom stereocenters. The second-order valence-corrected chi connectivity index (χ2v) is 5.64. The SMILES string of the molecule is Cc1cc(-c2cc(C(F)(F)F)cc(-c3ccc(C(F)(F)F)cc3)n2)n[nH]1. The summed E-state index contributed by atoms with van der Waals surface area (Å²) in [6.45, 7) is 1.68. The normalized spacial score (nSPS) is 12.4. The minimum absolute atomic E-state index is 0.0286. The monoisotopic (exact) mass is 371 g/mol. The van der Waals surface area contributed by atoms with Gasteiger partial charge in [0, 0.05) is 11.3 Å². The van der Waals surface area contributed by atoms with E-state index in [1.54, 1.807) is 6.92 Å². The zero-order valence-corrected chi connectivity index (χ0v) is 13.2. The van der Waals surface area contributed by atoms with Crippen LogP contribution in [0.2, 0.25) is 0 Å². The molecule has 0 fully saturated rings. The van der Waals surface area contributed by atoms with E-state index in [-0.39, 0.29) is 22.6 Å². The van der Waals surface area contributed by atoms with Gasteiger partial charge in [-0.25, -0.2) is 4.98 Å². The number of aromatic amines is 1. The zero-order valence-electron chi connectivity index (χ0n) is 13.2. The lowest BCUT2D eigenvalue weighted by Crippen LogP contribution is -2.07. The Morgan fingerprint density at radius 1 is 0.731 bits per heavy atom. The van der Waals surface area contributed by atoms with E-state index in [1.807, 2.05) is 0 Å². The first kappa shape index (κ1) is 18.0. The lowest BCUT2D eigenvalue weighted by Gasteiger charge is -2.12. The Kier molecular flexibility index (Phi) is 4.25.